The van der Waals surface area contributed by atoms with Crippen LogP contribution in [0.4, 0.5) is 5.69 Å². The summed E-state index contributed by atoms with van der Waals surface area (Å²) < 4.78 is 5.62. The smallest absolute Gasteiger partial charge is 0.272 e. The largest absolute Gasteiger partial charge is 0.457 e. The van der Waals surface area contributed by atoms with Gasteiger partial charge in [0, 0.05) is 11.6 Å². The van der Waals surface area contributed by atoms with E-state index in [0.29, 0.717) is 17.1 Å². The molecule has 0 spiro atoms. The molecule has 0 aliphatic rings. The molecule has 0 saturated carbocycles. The zero-order valence-electron chi connectivity index (χ0n) is 11.2. The third-order valence-electron chi connectivity index (χ3n) is 2.96. The minimum absolute atomic E-state index is 0.0711. The summed E-state index contributed by atoms with van der Waals surface area (Å²) in [5.41, 5.74) is 1.42. The Morgan fingerprint density at radius 2 is 1.75 bits per heavy atom. The Hall–Kier alpha value is -2.40. The van der Waals surface area contributed by atoms with Gasteiger partial charge < -0.3 is 9.84 Å². The molecule has 0 heterocycles. The quantitative estimate of drug-likeness (QED) is 0.680. The Labute approximate surface area is 116 Å². The zero-order valence-corrected chi connectivity index (χ0v) is 11.2. The van der Waals surface area contributed by atoms with Crippen LogP contribution < -0.4 is 4.74 Å². The number of hydrogen-bond acceptors (Lipinski definition) is 4. The van der Waals surface area contributed by atoms with E-state index in [1.807, 2.05) is 0 Å². The molecule has 20 heavy (non-hydrogen) atoms. The topological polar surface area (TPSA) is 72.6 Å². The Bertz CT molecular complexity index is 620. The van der Waals surface area contributed by atoms with Gasteiger partial charge in [0.15, 0.2) is 0 Å². The van der Waals surface area contributed by atoms with E-state index in [9.17, 15) is 15.2 Å². The molecule has 5 heteroatoms. The normalized spacial score (nSPS) is 11.9. The number of ether oxygens (including phenoxy) is 1. The van der Waals surface area contributed by atoms with Crippen LogP contribution in [0, 0.1) is 17.0 Å². The molecule has 2 aromatic rings. The highest BCUT2D eigenvalue weighted by Crippen LogP contribution is 2.27. The Morgan fingerprint density at radius 1 is 1.15 bits per heavy atom. The van der Waals surface area contributed by atoms with Crippen molar-refractivity contribution in [1.29, 1.82) is 0 Å². The molecule has 0 radical (unpaired) electrons. The maximum atomic E-state index is 10.7. The summed E-state index contributed by atoms with van der Waals surface area (Å²) in [5, 5.41) is 20.2. The number of aliphatic hydroxyl groups is 1. The number of nitro benzene ring substituents is 1. The summed E-state index contributed by atoms with van der Waals surface area (Å²) in [6.07, 6.45) is -0.523. The highest BCUT2D eigenvalue weighted by molar-refractivity contribution is 5.45. The van der Waals surface area contributed by atoms with Crippen molar-refractivity contribution in [3.63, 3.8) is 0 Å². The second-order valence-electron chi connectivity index (χ2n) is 4.55. The number of nitro groups is 1. The molecule has 0 aliphatic heterocycles. The fraction of sp³-hybridized carbons (Fsp3) is 0.200. The zero-order chi connectivity index (χ0) is 14.7. The molecule has 0 fully saturated rings. The average Bonchev–Trinajstić information content (AvgIpc) is 2.39. The average molecular weight is 273 g/mol. The maximum Gasteiger partial charge on any atom is 0.272 e. The van der Waals surface area contributed by atoms with Gasteiger partial charge in [0.05, 0.1) is 11.0 Å². The molecular weight excluding hydrogens is 258 g/mol. The summed E-state index contributed by atoms with van der Waals surface area (Å²) in [5.74, 6) is 1.15. The van der Waals surface area contributed by atoms with E-state index in [0.717, 1.165) is 5.56 Å². The molecule has 2 aromatic carbocycles. The van der Waals surface area contributed by atoms with E-state index >= 15 is 0 Å². The Morgan fingerprint density at radius 3 is 2.25 bits per heavy atom. The van der Waals surface area contributed by atoms with Crippen molar-refractivity contribution in [3.8, 4) is 11.5 Å². The minimum atomic E-state index is -0.523. The summed E-state index contributed by atoms with van der Waals surface area (Å²) in [4.78, 5) is 10.3. The summed E-state index contributed by atoms with van der Waals surface area (Å²) in [6.45, 7) is 3.36. The lowest BCUT2D eigenvalue weighted by molar-refractivity contribution is -0.385. The van der Waals surface area contributed by atoms with Gasteiger partial charge in [-0.2, -0.15) is 0 Å². The predicted molar refractivity (Wildman–Crippen MR) is 75.0 cm³/mol. The van der Waals surface area contributed by atoms with Crippen LogP contribution in [0.25, 0.3) is 0 Å². The van der Waals surface area contributed by atoms with Crippen LogP contribution in [0.5, 0.6) is 11.5 Å². The van der Waals surface area contributed by atoms with E-state index in [-0.39, 0.29) is 5.69 Å². The predicted octanol–water partition coefficient (Wildman–Crippen LogP) is 3.75. The summed E-state index contributed by atoms with van der Waals surface area (Å²) >= 11 is 0. The van der Waals surface area contributed by atoms with E-state index < -0.39 is 11.0 Å². The minimum Gasteiger partial charge on any atom is -0.457 e. The molecule has 5 nitrogen and oxygen atoms in total. The van der Waals surface area contributed by atoms with Crippen molar-refractivity contribution in [1.82, 2.24) is 0 Å². The van der Waals surface area contributed by atoms with Crippen LogP contribution in [0.1, 0.15) is 24.2 Å². The van der Waals surface area contributed by atoms with Gasteiger partial charge in [-0.3, -0.25) is 10.1 Å². The van der Waals surface area contributed by atoms with E-state index in [4.69, 9.17) is 4.74 Å². The second kappa shape index (κ2) is 5.71. The van der Waals surface area contributed by atoms with Gasteiger partial charge in [-0.15, -0.1) is 0 Å². The first-order chi connectivity index (χ1) is 9.47. The van der Waals surface area contributed by atoms with Crippen molar-refractivity contribution >= 4 is 5.69 Å². The number of benzene rings is 2. The molecule has 1 atom stereocenters. The third-order valence-corrected chi connectivity index (χ3v) is 2.96. The second-order valence-corrected chi connectivity index (χ2v) is 4.55. The van der Waals surface area contributed by atoms with Crippen molar-refractivity contribution < 1.29 is 14.8 Å². The van der Waals surface area contributed by atoms with Gasteiger partial charge in [0.1, 0.15) is 11.5 Å². The van der Waals surface area contributed by atoms with E-state index in [2.05, 4.69) is 0 Å². The molecule has 104 valence electrons. The van der Waals surface area contributed by atoms with E-state index in [1.54, 1.807) is 50.2 Å². The first-order valence-corrected chi connectivity index (χ1v) is 6.18. The molecule has 0 saturated heterocycles. The highest BCUT2D eigenvalue weighted by Gasteiger charge is 2.11. The van der Waals surface area contributed by atoms with Gasteiger partial charge in [0.2, 0.25) is 0 Å². The van der Waals surface area contributed by atoms with Crippen molar-refractivity contribution in [2.24, 2.45) is 0 Å². The lowest BCUT2D eigenvalue weighted by Gasteiger charge is -2.09. The molecule has 0 unspecified atom stereocenters. The van der Waals surface area contributed by atoms with Crippen LogP contribution in [0.3, 0.4) is 0 Å². The standard InChI is InChI=1S/C15H15NO4/c1-10-9-14(7-8-15(10)16(18)19)20-13-5-3-12(4-6-13)11(2)17/h3-9,11,17H,1-2H3/t11-/m0/s1. The number of rotatable bonds is 4. The highest BCUT2D eigenvalue weighted by atomic mass is 16.6. The third kappa shape index (κ3) is 3.13. The molecule has 1 N–H and O–H groups in total. The van der Waals surface area contributed by atoms with Crippen LogP contribution in [-0.4, -0.2) is 10.0 Å². The first-order valence-electron chi connectivity index (χ1n) is 6.18. The summed E-state index contributed by atoms with van der Waals surface area (Å²) in [6, 6.07) is 11.7. The fourth-order valence-corrected chi connectivity index (χ4v) is 1.85. The van der Waals surface area contributed by atoms with Gasteiger partial charge in [-0.05, 0) is 43.7 Å². The Balaban J connectivity index is 2.17. The first kappa shape index (κ1) is 14.0. The lowest BCUT2D eigenvalue weighted by Crippen LogP contribution is -1.93. The van der Waals surface area contributed by atoms with Gasteiger partial charge >= 0.3 is 0 Å². The molecule has 0 aliphatic carbocycles. The molecule has 0 aromatic heterocycles. The van der Waals surface area contributed by atoms with Crippen LogP contribution in [-0.2, 0) is 0 Å². The number of aliphatic hydroxyl groups excluding tert-OH is 1. The maximum absolute atomic E-state index is 10.7. The van der Waals surface area contributed by atoms with Crippen LogP contribution in [0.2, 0.25) is 0 Å². The van der Waals surface area contributed by atoms with Crippen LogP contribution >= 0.6 is 0 Å². The van der Waals surface area contributed by atoms with Gasteiger partial charge in [-0.25, -0.2) is 0 Å². The van der Waals surface area contributed by atoms with Crippen molar-refractivity contribution in [2.75, 3.05) is 0 Å². The van der Waals surface area contributed by atoms with Gasteiger partial charge in [-0.1, -0.05) is 12.1 Å². The molecular formula is C15H15NO4. The van der Waals surface area contributed by atoms with Crippen molar-refractivity contribution in [2.45, 2.75) is 20.0 Å². The fourth-order valence-electron chi connectivity index (χ4n) is 1.85. The van der Waals surface area contributed by atoms with Crippen LogP contribution in [0.15, 0.2) is 42.5 Å². The van der Waals surface area contributed by atoms with Crippen molar-refractivity contribution in [3.05, 3.63) is 63.7 Å². The summed E-state index contributed by atoms with van der Waals surface area (Å²) in [7, 11) is 0. The lowest BCUT2D eigenvalue weighted by atomic mass is 10.1. The monoisotopic (exact) mass is 273 g/mol. The number of aryl methyl sites for hydroxylation is 1. The molecule has 0 bridgehead atoms. The number of hydrogen-bond donors (Lipinski definition) is 1. The Kier molecular flexibility index (Phi) is 4.00. The molecule has 2 rings (SSSR count). The molecule has 0 amide bonds. The number of nitrogens with zero attached hydrogens (tertiary/aromatic N) is 1. The SMILES string of the molecule is Cc1cc(Oc2ccc([C@H](C)O)cc2)ccc1[N+](=O)[O-]. The van der Waals surface area contributed by atoms with E-state index in [1.165, 1.54) is 6.07 Å². The van der Waals surface area contributed by atoms with Gasteiger partial charge in [0.25, 0.3) is 5.69 Å².